The number of aromatic nitrogens is 4. The molecule has 0 radical (unpaired) electrons. The SMILES string of the molecule is Nc1ncnc2c1nc(-c1ccccc1)n2[C@@H]1O[C@H](COP(=O)(O)OP(=O)(O)OC[C@H]2OC(O)[C@H](O)[C@@H]2O)[C@@H](O)[C@H]1O. The number of rotatable bonds is 10. The Kier molecular flexibility index (Phi) is 8.79. The number of nitrogen functional groups attached to an aromatic ring is 1. The van der Waals surface area contributed by atoms with Crippen LogP contribution in [0.2, 0.25) is 0 Å². The molecule has 0 spiro atoms. The van der Waals surface area contributed by atoms with Gasteiger partial charge in [0.05, 0.1) is 13.2 Å². The second-order valence-electron chi connectivity index (χ2n) is 9.31. The molecule has 21 heteroatoms. The average molecular weight is 635 g/mol. The average Bonchev–Trinajstić information content (AvgIpc) is 3.54. The molecule has 3 aromatic rings. The molecule has 230 valence electrons. The Balaban J connectivity index is 1.28. The zero-order valence-corrected chi connectivity index (χ0v) is 23.0. The molecule has 19 nitrogen and oxygen atoms in total. The summed E-state index contributed by atoms with van der Waals surface area (Å²) in [5, 5.41) is 50.1. The van der Waals surface area contributed by atoms with Crippen LogP contribution in [0.3, 0.4) is 0 Å². The van der Waals surface area contributed by atoms with E-state index in [0.717, 1.165) is 0 Å². The smallest absolute Gasteiger partial charge is 0.387 e. The van der Waals surface area contributed by atoms with Crippen LogP contribution in [-0.2, 0) is 32.0 Å². The minimum atomic E-state index is -5.37. The van der Waals surface area contributed by atoms with Crippen LogP contribution in [0.4, 0.5) is 5.82 Å². The van der Waals surface area contributed by atoms with Crippen LogP contribution in [0.1, 0.15) is 6.23 Å². The Hall–Kier alpha value is -2.45. The van der Waals surface area contributed by atoms with Crippen LogP contribution in [0, 0.1) is 0 Å². The molecule has 0 amide bonds. The topological polar surface area (TPSA) is 292 Å². The fourth-order valence-corrected chi connectivity index (χ4v) is 6.51. The Morgan fingerprint density at radius 2 is 1.45 bits per heavy atom. The molecule has 2 fully saturated rings. The fraction of sp³-hybridized carbons (Fsp3) is 0.476. The molecule has 0 aliphatic carbocycles. The van der Waals surface area contributed by atoms with Gasteiger partial charge in [0.2, 0.25) is 0 Å². The zero-order chi connectivity index (χ0) is 30.4. The highest BCUT2D eigenvalue weighted by molar-refractivity contribution is 7.61. The summed E-state index contributed by atoms with van der Waals surface area (Å²) in [6, 6.07) is 8.69. The summed E-state index contributed by atoms with van der Waals surface area (Å²) in [6.07, 6.45) is -11.6. The van der Waals surface area contributed by atoms with Crippen molar-refractivity contribution in [3.8, 4) is 11.4 Å². The van der Waals surface area contributed by atoms with Crippen molar-refractivity contribution in [1.29, 1.82) is 0 Å². The van der Waals surface area contributed by atoms with Crippen molar-refractivity contribution in [1.82, 2.24) is 19.5 Å². The van der Waals surface area contributed by atoms with Gasteiger partial charge in [-0.1, -0.05) is 30.3 Å². The summed E-state index contributed by atoms with van der Waals surface area (Å²) in [6.45, 7) is -1.83. The van der Waals surface area contributed by atoms with Crippen LogP contribution >= 0.6 is 15.6 Å². The van der Waals surface area contributed by atoms with E-state index in [1.54, 1.807) is 30.3 Å². The molecule has 2 aliphatic rings. The van der Waals surface area contributed by atoms with Gasteiger partial charge in [-0.25, -0.2) is 24.1 Å². The quantitative estimate of drug-likeness (QED) is 0.116. The summed E-state index contributed by atoms with van der Waals surface area (Å²) in [5.41, 5.74) is 6.88. The molecule has 2 saturated heterocycles. The molecule has 42 heavy (non-hydrogen) atoms. The largest absolute Gasteiger partial charge is 0.481 e. The first kappa shape index (κ1) is 31.0. The summed E-state index contributed by atoms with van der Waals surface area (Å²) >= 11 is 0. The van der Waals surface area contributed by atoms with Gasteiger partial charge in [-0.3, -0.25) is 13.6 Å². The highest BCUT2D eigenvalue weighted by Gasteiger charge is 2.48. The number of ether oxygens (including phenoxy) is 2. The van der Waals surface area contributed by atoms with Gasteiger partial charge in [-0.2, -0.15) is 4.31 Å². The van der Waals surface area contributed by atoms with E-state index in [4.69, 9.17) is 19.7 Å². The lowest BCUT2D eigenvalue weighted by atomic mass is 10.1. The number of aliphatic hydroxyl groups excluding tert-OH is 5. The monoisotopic (exact) mass is 635 g/mol. The van der Waals surface area contributed by atoms with Gasteiger partial charge in [0, 0.05) is 5.56 Å². The molecular formula is C21H27N5O14P2. The summed E-state index contributed by atoms with van der Waals surface area (Å²) < 4.78 is 49.9. The third kappa shape index (κ3) is 6.26. The second-order valence-corrected chi connectivity index (χ2v) is 12.3. The van der Waals surface area contributed by atoms with E-state index in [-0.39, 0.29) is 22.8 Å². The molecule has 0 bridgehead atoms. The first-order valence-corrected chi connectivity index (χ1v) is 15.2. The van der Waals surface area contributed by atoms with Gasteiger partial charge >= 0.3 is 15.6 Å². The highest BCUT2D eigenvalue weighted by atomic mass is 31.3. The number of anilines is 1. The van der Waals surface area contributed by atoms with Crippen molar-refractivity contribution in [2.75, 3.05) is 18.9 Å². The van der Waals surface area contributed by atoms with E-state index in [1.165, 1.54) is 10.9 Å². The predicted octanol–water partition coefficient (Wildman–Crippen LogP) is -1.62. The Labute approximate surface area is 235 Å². The molecule has 10 atom stereocenters. The van der Waals surface area contributed by atoms with Crippen molar-refractivity contribution >= 4 is 32.6 Å². The zero-order valence-electron chi connectivity index (χ0n) is 21.2. The highest BCUT2D eigenvalue weighted by Crippen LogP contribution is 2.60. The van der Waals surface area contributed by atoms with Gasteiger partial charge in [0.1, 0.15) is 48.8 Å². The summed E-state index contributed by atoms with van der Waals surface area (Å²) in [5.74, 6) is 0.292. The van der Waals surface area contributed by atoms with Crippen molar-refractivity contribution in [3.63, 3.8) is 0 Å². The molecule has 9 N–H and O–H groups in total. The van der Waals surface area contributed by atoms with E-state index in [1.807, 2.05) is 0 Å². The summed E-state index contributed by atoms with van der Waals surface area (Å²) in [4.78, 5) is 32.4. The number of imidazole rings is 1. The lowest BCUT2D eigenvalue weighted by Gasteiger charge is -2.21. The standard InChI is InChI=1S/C21H27N5O14P2/c22-17-12-19(24-8-23-17)26(18(25-12)9-4-2-1-3-5-9)20-15(29)13(27)10(38-20)6-36-41(32,33)40-42(34,35)37-7-11-14(28)16(30)21(31)39-11/h1-5,8,10-11,13-16,20-21,27-31H,6-7H2,(H,32,33)(H,34,35)(H2,22,23,24)/t10-,11-,13-,14-,15-,16-,20-,21?/m1/s1. The molecule has 3 unspecified atom stereocenters. The minimum Gasteiger partial charge on any atom is -0.387 e. The number of fused-ring (bicyclic) bond motifs is 1. The maximum atomic E-state index is 12.4. The molecule has 5 rings (SSSR count). The molecule has 2 aromatic heterocycles. The first-order chi connectivity index (χ1) is 19.8. The Morgan fingerprint density at radius 1 is 0.857 bits per heavy atom. The Bertz CT molecular complexity index is 1510. The number of benzene rings is 1. The third-order valence-electron chi connectivity index (χ3n) is 6.48. The lowest BCUT2D eigenvalue weighted by Crippen LogP contribution is -2.34. The van der Waals surface area contributed by atoms with Crippen molar-refractivity contribution in [2.45, 2.75) is 49.1 Å². The number of phosphoric acid groups is 2. The van der Waals surface area contributed by atoms with E-state index in [2.05, 4.69) is 23.8 Å². The minimum absolute atomic E-state index is 0.0410. The second kappa shape index (κ2) is 11.9. The predicted molar refractivity (Wildman–Crippen MR) is 137 cm³/mol. The van der Waals surface area contributed by atoms with Gasteiger partial charge in [0.25, 0.3) is 0 Å². The third-order valence-corrected chi connectivity index (χ3v) is 9.08. The van der Waals surface area contributed by atoms with Crippen molar-refractivity contribution in [3.05, 3.63) is 36.7 Å². The number of aliphatic hydroxyl groups is 5. The lowest BCUT2D eigenvalue weighted by molar-refractivity contribution is -0.132. The van der Waals surface area contributed by atoms with Gasteiger partial charge in [-0.05, 0) is 0 Å². The van der Waals surface area contributed by atoms with Crippen LogP contribution in [-0.4, -0.2) is 111 Å². The van der Waals surface area contributed by atoms with Crippen molar-refractivity contribution < 1.29 is 67.3 Å². The van der Waals surface area contributed by atoms with Crippen LogP contribution in [0.5, 0.6) is 0 Å². The van der Waals surface area contributed by atoms with Crippen LogP contribution in [0.25, 0.3) is 22.6 Å². The van der Waals surface area contributed by atoms with E-state index in [0.29, 0.717) is 5.56 Å². The molecule has 4 heterocycles. The fourth-order valence-electron chi connectivity index (χ4n) is 4.42. The van der Waals surface area contributed by atoms with Gasteiger partial charge in [0.15, 0.2) is 29.5 Å². The maximum Gasteiger partial charge on any atom is 0.481 e. The van der Waals surface area contributed by atoms with Crippen molar-refractivity contribution in [2.24, 2.45) is 0 Å². The Morgan fingerprint density at radius 3 is 2.05 bits per heavy atom. The van der Waals surface area contributed by atoms with E-state index >= 15 is 0 Å². The van der Waals surface area contributed by atoms with E-state index in [9.17, 15) is 44.4 Å². The van der Waals surface area contributed by atoms with Crippen LogP contribution in [0.15, 0.2) is 36.7 Å². The maximum absolute atomic E-state index is 12.4. The molecule has 1 aromatic carbocycles. The number of hydrogen-bond donors (Lipinski definition) is 8. The van der Waals surface area contributed by atoms with Gasteiger partial charge < -0.3 is 50.5 Å². The number of nitrogens with two attached hydrogens (primary N) is 1. The molecular weight excluding hydrogens is 608 g/mol. The number of phosphoric ester groups is 2. The number of hydrogen-bond acceptors (Lipinski definition) is 16. The summed E-state index contributed by atoms with van der Waals surface area (Å²) in [7, 11) is -10.7. The first-order valence-electron chi connectivity index (χ1n) is 12.2. The van der Waals surface area contributed by atoms with E-state index < -0.39 is 78.0 Å². The van der Waals surface area contributed by atoms with Crippen LogP contribution < -0.4 is 5.73 Å². The molecule has 0 saturated carbocycles. The normalized spacial score (nSPS) is 32.6. The number of nitrogens with zero attached hydrogens (tertiary/aromatic N) is 4. The molecule has 2 aliphatic heterocycles. The van der Waals surface area contributed by atoms with Gasteiger partial charge in [-0.15, -0.1) is 0 Å².